The van der Waals surface area contributed by atoms with Crippen molar-refractivity contribution >= 4 is 19.8 Å². The number of fused-ring (bicyclic) bond motifs is 2. The molecular formula is C24H27BO5. The van der Waals surface area contributed by atoms with E-state index in [4.69, 9.17) is 14.2 Å². The van der Waals surface area contributed by atoms with E-state index < -0.39 is 11.5 Å². The normalized spacial score (nSPS) is 29.5. The summed E-state index contributed by atoms with van der Waals surface area (Å²) in [4.78, 5) is 25.7. The fourth-order valence-corrected chi connectivity index (χ4v) is 5.24. The molecule has 1 aliphatic carbocycles. The quantitative estimate of drug-likeness (QED) is 0.523. The average molecular weight is 406 g/mol. The molecule has 4 rings (SSSR count). The second kappa shape index (κ2) is 8.64. The Balaban J connectivity index is 1.43. The number of carbonyl (C=O) groups excluding carboxylic acids is 2. The molecule has 156 valence electrons. The highest BCUT2D eigenvalue weighted by Crippen LogP contribution is 2.57. The average Bonchev–Trinajstić information content (AvgIpc) is 3.18. The molecule has 2 aliphatic rings. The van der Waals surface area contributed by atoms with E-state index in [-0.39, 0.29) is 49.4 Å². The third-order valence-corrected chi connectivity index (χ3v) is 6.40. The van der Waals surface area contributed by atoms with Gasteiger partial charge in [0.05, 0.1) is 17.9 Å². The monoisotopic (exact) mass is 406 g/mol. The molecule has 2 aromatic rings. The second-order valence-corrected chi connectivity index (χ2v) is 8.54. The first-order valence-electron chi connectivity index (χ1n) is 10.6. The number of carbonyl (C=O) groups is 2. The van der Waals surface area contributed by atoms with Gasteiger partial charge in [0.1, 0.15) is 21.1 Å². The molecule has 0 radical (unpaired) electrons. The van der Waals surface area contributed by atoms with Crippen LogP contribution in [0.2, 0.25) is 0 Å². The number of rotatable bonds is 7. The Morgan fingerprint density at radius 2 is 1.57 bits per heavy atom. The molecule has 5 atom stereocenters. The third kappa shape index (κ3) is 4.15. The molecule has 30 heavy (non-hydrogen) atoms. The van der Waals surface area contributed by atoms with Crippen LogP contribution >= 0.6 is 0 Å². The van der Waals surface area contributed by atoms with Gasteiger partial charge in [-0.05, 0) is 29.4 Å². The van der Waals surface area contributed by atoms with Crippen LogP contribution in [0.1, 0.15) is 30.9 Å². The van der Waals surface area contributed by atoms with Crippen molar-refractivity contribution in [3.63, 3.8) is 0 Å². The van der Waals surface area contributed by atoms with Gasteiger partial charge in [-0.25, -0.2) is 0 Å². The zero-order chi connectivity index (χ0) is 21.1. The molecule has 2 bridgehead atoms. The summed E-state index contributed by atoms with van der Waals surface area (Å²) in [5.41, 5.74) is 1.03. The van der Waals surface area contributed by atoms with Crippen LogP contribution < -0.4 is 0 Å². The fraction of sp³-hybridized carbons (Fsp3) is 0.417. The van der Waals surface area contributed by atoms with Crippen molar-refractivity contribution in [1.82, 2.24) is 0 Å². The van der Waals surface area contributed by atoms with E-state index >= 15 is 0 Å². The summed E-state index contributed by atoms with van der Waals surface area (Å²) in [5, 5.41) is 0. The van der Waals surface area contributed by atoms with Gasteiger partial charge in [-0.3, -0.25) is 9.59 Å². The molecule has 0 amide bonds. The van der Waals surface area contributed by atoms with Crippen LogP contribution in [0.5, 0.6) is 0 Å². The van der Waals surface area contributed by atoms with Crippen LogP contribution in [-0.4, -0.2) is 31.4 Å². The van der Waals surface area contributed by atoms with Gasteiger partial charge in [0.25, 0.3) is 0 Å². The lowest BCUT2D eigenvalue weighted by atomic mass is 9.77. The lowest BCUT2D eigenvalue weighted by Crippen LogP contribution is -2.41. The van der Waals surface area contributed by atoms with Crippen LogP contribution in [0.25, 0.3) is 0 Å². The van der Waals surface area contributed by atoms with E-state index in [0.29, 0.717) is 6.42 Å². The van der Waals surface area contributed by atoms with Crippen molar-refractivity contribution in [3.8, 4) is 0 Å². The van der Waals surface area contributed by atoms with Gasteiger partial charge in [0, 0.05) is 6.00 Å². The minimum atomic E-state index is -0.842. The zero-order valence-corrected chi connectivity index (χ0v) is 17.5. The number of benzene rings is 2. The molecule has 5 nitrogen and oxygen atoms in total. The summed E-state index contributed by atoms with van der Waals surface area (Å²) in [6.07, 6.45) is 0.726. The number of ether oxygens (including phenoxy) is 3. The minimum absolute atomic E-state index is 0.0511. The molecule has 0 N–H and O–H groups in total. The lowest BCUT2D eigenvalue weighted by Gasteiger charge is -2.32. The predicted octanol–water partition coefficient (Wildman–Crippen LogP) is 2.86. The fourth-order valence-electron chi connectivity index (χ4n) is 5.24. The molecular weight excluding hydrogens is 379 g/mol. The van der Waals surface area contributed by atoms with Crippen LogP contribution in [0.15, 0.2) is 60.7 Å². The van der Waals surface area contributed by atoms with Gasteiger partial charge >= 0.3 is 11.9 Å². The van der Waals surface area contributed by atoms with Crippen molar-refractivity contribution in [2.24, 2.45) is 17.8 Å². The molecule has 0 aromatic heterocycles. The standard InChI is InChI=1S/C24H27BO5/c1-16-12-24(13-19(26)28-14-17-8-4-2-5-9-17)21(20(16)22(25)30-24)23(27)29-15-18-10-6-3-7-11-18/h2-11,16,20-22H,12-15,25H2,1H3/t16-,20?,21?,22+,24+/m0/s1. The number of hydrogen-bond donors (Lipinski definition) is 0. The highest BCUT2D eigenvalue weighted by Gasteiger charge is 2.65. The van der Waals surface area contributed by atoms with Gasteiger partial charge in [-0.2, -0.15) is 0 Å². The number of esters is 2. The SMILES string of the molecule is B[C@@H]1O[C@@]2(CC(=O)OCc3ccccc3)C[C@H](C)C1C2C(=O)OCc1ccccc1. The summed E-state index contributed by atoms with van der Waals surface area (Å²) in [6.45, 7) is 2.56. The first-order valence-corrected chi connectivity index (χ1v) is 10.6. The van der Waals surface area contributed by atoms with Gasteiger partial charge in [0.2, 0.25) is 0 Å². The summed E-state index contributed by atoms with van der Waals surface area (Å²) >= 11 is 0. The van der Waals surface area contributed by atoms with E-state index in [1.807, 2.05) is 68.5 Å². The van der Waals surface area contributed by atoms with Gasteiger partial charge < -0.3 is 14.2 Å². The van der Waals surface area contributed by atoms with E-state index in [1.165, 1.54) is 0 Å². The highest BCUT2D eigenvalue weighted by molar-refractivity contribution is 6.12. The van der Waals surface area contributed by atoms with Crippen LogP contribution in [-0.2, 0) is 37.0 Å². The molecule has 1 aliphatic heterocycles. The van der Waals surface area contributed by atoms with E-state index in [2.05, 4.69) is 6.92 Å². The lowest BCUT2D eigenvalue weighted by molar-refractivity contribution is -0.162. The van der Waals surface area contributed by atoms with Crippen molar-refractivity contribution in [3.05, 3.63) is 71.8 Å². The van der Waals surface area contributed by atoms with Gasteiger partial charge in [-0.1, -0.05) is 67.6 Å². The minimum Gasteiger partial charge on any atom is -0.461 e. The van der Waals surface area contributed by atoms with Crippen LogP contribution in [0.3, 0.4) is 0 Å². The molecule has 1 heterocycles. The molecule has 1 saturated heterocycles. The van der Waals surface area contributed by atoms with Crippen LogP contribution in [0.4, 0.5) is 0 Å². The molecule has 6 heteroatoms. The number of hydrogen-bond acceptors (Lipinski definition) is 5. The summed E-state index contributed by atoms with van der Waals surface area (Å²) in [6, 6.07) is 19.1. The molecule has 0 spiro atoms. The second-order valence-electron chi connectivity index (χ2n) is 8.54. The molecule has 1 saturated carbocycles. The summed E-state index contributed by atoms with van der Waals surface area (Å²) < 4.78 is 17.4. The smallest absolute Gasteiger partial charge is 0.312 e. The molecule has 2 fully saturated rings. The summed E-state index contributed by atoms with van der Waals surface area (Å²) in [5.74, 6) is -0.745. The van der Waals surface area contributed by atoms with Gasteiger partial charge in [0.15, 0.2) is 0 Å². The maximum atomic E-state index is 13.1. The van der Waals surface area contributed by atoms with Crippen molar-refractivity contribution in [2.75, 3.05) is 0 Å². The largest absolute Gasteiger partial charge is 0.461 e. The first kappa shape index (κ1) is 20.7. The zero-order valence-electron chi connectivity index (χ0n) is 17.5. The summed E-state index contributed by atoms with van der Waals surface area (Å²) in [7, 11) is 1.98. The Morgan fingerprint density at radius 1 is 1.00 bits per heavy atom. The van der Waals surface area contributed by atoms with Crippen molar-refractivity contribution in [2.45, 2.75) is 44.6 Å². The molecule has 2 aromatic carbocycles. The Morgan fingerprint density at radius 3 is 2.13 bits per heavy atom. The van der Waals surface area contributed by atoms with Crippen LogP contribution in [0, 0.1) is 17.8 Å². The van der Waals surface area contributed by atoms with E-state index in [9.17, 15) is 9.59 Å². The predicted molar refractivity (Wildman–Crippen MR) is 114 cm³/mol. The van der Waals surface area contributed by atoms with Gasteiger partial charge in [-0.15, -0.1) is 0 Å². The Kier molecular flexibility index (Phi) is 5.95. The molecule has 2 unspecified atom stereocenters. The third-order valence-electron chi connectivity index (χ3n) is 6.40. The van der Waals surface area contributed by atoms with Crippen molar-refractivity contribution in [1.29, 1.82) is 0 Å². The topological polar surface area (TPSA) is 61.8 Å². The van der Waals surface area contributed by atoms with E-state index in [1.54, 1.807) is 0 Å². The maximum Gasteiger partial charge on any atom is 0.312 e. The Hall–Kier alpha value is -2.60. The maximum absolute atomic E-state index is 13.1. The van der Waals surface area contributed by atoms with E-state index in [0.717, 1.165) is 11.1 Å². The highest BCUT2D eigenvalue weighted by atomic mass is 16.6. The Bertz CT molecular complexity index is 873. The Labute approximate surface area is 178 Å². The van der Waals surface area contributed by atoms with Crippen molar-refractivity contribution < 1.29 is 23.8 Å². The first-order chi connectivity index (χ1) is 14.5.